The van der Waals surface area contributed by atoms with E-state index < -0.39 is 6.10 Å². The number of hydrogen-bond acceptors (Lipinski definition) is 6. The van der Waals surface area contributed by atoms with Gasteiger partial charge in [0.05, 0.1) is 0 Å². The Morgan fingerprint density at radius 1 is 0.313 bits per heavy atom. The molecule has 0 N–H and O–H groups in total. The fourth-order valence-corrected chi connectivity index (χ4v) is 6.91. The second kappa shape index (κ2) is 54.4. The summed E-state index contributed by atoms with van der Waals surface area (Å²) in [4.78, 5) is 37.6. The van der Waals surface area contributed by atoms with Crippen LogP contribution in [0.4, 0.5) is 0 Å². The van der Waals surface area contributed by atoms with E-state index >= 15 is 0 Å². The second-order valence-corrected chi connectivity index (χ2v) is 17.4. The van der Waals surface area contributed by atoms with Crippen molar-refractivity contribution in [1.29, 1.82) is 0 Å². The SMILES string of the molecule is CC/C=C\C/C=C\C/C=C\C/C=C\C/C=C\C/C=C\C/C=C\C/C=C\CCCCCCCCC(=O)OCC(COC(=O)CCCCCCC)OC(=O)CCCCCCC/C=C\C/C=C\CCC. The van der Waals surface area contributed by atoms with E-state index in [-0.39, 0.29) is 31.1 Å². The summed E-state index contributed by atoms with van der Waals surface area (Å²) in [7, 11) is 0. The number of rotatable bonds is 47. The maximum atomic E-state index is 12.7. The van der Waals surface area contributed by atoms with E-state index in [9.17, 15) is 14.4 Å². The number of unbranched alkanes of at least 4 members (excludes halogenated alkanes) is 16. The monoisotopic (exact) mass is 927 g/mol. The van der Waals surface area contributed by atoms with Crippen LogP contribution < -0.4 is 0 Å². The topological polar surface area (TPSA) is 78.9 Å². The molecule has 0 rings (SSSR count). The molecule has 67 heavy (non-hydrogen) atoms. The summed E-state index contributed by atoms with van der Waals surface area (Å²) in [5.74, 6) is -0.943. The lowest BCUT2D eigenvalue weighted by Crippen LogP contribution is -2.30. The number of allylic oxidation sites excluding steroid dienone is 20. The summed E-state index contributed by atoms with van der Waals surface area (Å²) in [6.45, 7) is 6.33. The fourth-order valence-electron chi connectivity index (χ4n) is 6.91. The minimum atomic E-state index is -0.789. The third-order valence-electron chi connectivity index (χ3n) is 10.9. The van der Waals surface area contributed by atoms with Gasteiger partial charge in [-0.1, -0.05) is 219 Å². The number of esters is 3. The Kier molecular flexibility index (Phi) is 51.0. The Hall–Kier alpha value is -4.19. The normalized spacial score (nSPS) is 13.1. The lowest BCUT2D eigenvalue weighted by Gasteiger charge is -2.18. The molecular weight excluding hydrogens is 829 g/mol. The van der Waals surface area contributed by atoms with E-state index in [0.29, 0.717) is 19.3 Å². The van der Waals surface area contributed by atoms with E-state index in [4.69, 9.17) is 14.2 Å². The molecule has 0 amide bonds. The van der Waals surface area contributed by atoms with Crippen molar-refractivity contribution in [1.82, 2.24) is 0 Å². The molecule has 0 aromatic heterocycles. The molecule has 0 aromatic rings. The standard InChI is InChI=1S/C61H98O6/c1-4-7-10-13-15-17-19-21-22-23-24-25-26-27-28-29-30-31-32-33-34-35-36-37-38-40-41-43-45-48-51-54-60(63)66-57-58(56-65-59(62)53-50-47-12-9-6-3)67-61(64)55-52-49-46-44-42-39-20-18-16-14-11-8-5-2/h7,10-11,14-15,17-18,20-22,24-25,27-28,30-31,33-34,36-37,58H,4-6,8-9,12-13,16,19,23,26,29,32,35,38-57H2,1-3H3/b10-7-,14-11-,17-15-,20-18-,22-21-,25-24-,28-27-,31-30-,34-33-,37-36-. The van der Waals surface area contributed by atoms with Gasteiger partial charge in [-0.05, 0) is 109 Å². The van der Waals surface area contributed by atoms with E-state index in [2.05, 4.69) is 142 Å². The molecular formula is C61H98O6. The minimum absolute atomic E-state index is 0.0916. The van der Waals surface area contributed by atoms with Gasteiger partial charge >= 0.3 is 17.9 Å². The number of carbonyl (C=O) groups excluding carboxylic acids is 3. The predicted octanol–water partition coefficient (Wildman–Crippen LogP) is 18.1. The van der Waals surface area contributed by atoms with Gasteiger partial charge in [0.25, 0.3) is 0 Å². The molecule has 0 saturated heterocycles. The van der Waals surface area contributed by atoms with Gasteiger partial charge in [-0.3, -0.25) is 14.4 Å². The molecule has 0 bridgehead atoms. The van der Waals surface area contributed by atoms with Crippen molar-refractivity contribution in [3.8, 4) is 0 Å². The first-order valence-electron chi connectivity index (χ1n) is 27.0. The van der Waals surface area contributed by atoms with Gasteiger partial charge < -0.3 is 14.2 Å². The summed E-state index contributed by atoms with van der Waals surface area (Å²) in [6.07, 6.45) is 75.2. The summed E-state index contributed by atoms with van der Waals surface area (Å²) >= 11 is 0. The number of carbonyl (C=O) groups is 3. The first kappa shape index (κ1) is 62.8. The van der Waals surface area contributed by atoms with Gasteiger partial charge in [-0.15, -0.1) is 0 Å². The van der Waals surface area contributed by atoms with Crippen molar-refractivity contribution in [2.75, 3.05) is 13.2 Å². The smallest absolute Gasteiger partial charge is 0.306 e. The Morgan fingerprint density at radius 2 is 0.612 bits per heavy atom. The maximum Gasteiger partial charge on any atom is 0.306 e. The first-order valence-corrected chi connectivity index (χ1v) is 27.0. The third-order valence-corrected chi connectivity index (χ3v) is 10.9. The molecule has 0 aliphatic carbocycles. The van der Waals surface area contributed by atoms with Crippen molar-refractivity contribution >= 4 is 17.9 Å². The van der Waals surface area contributed by atoms with Gasteiger partial charge in [0.15, 0.2) is 6.10 Å². The van der Waals surface area contributed by atoms with E-state index in [1.165, 1.54) is 19.3 Å². The number of ether oxygens (including phenoxy) is 3. The van der Waals surface area contributed by atoms with Crippen molar-refractivity contribution in [3.05, 3.63) is 122 Å². The highest BCUT2D eigenvalue weighted by Crippen LogP contribution is 2.13. The second-order valence-electron chi connectivity index (χ2n) is 17.4. The molecule has 6 nitrogen and oxygen atoms in total. The zero-order valence-electron chi connectivity index (χ0n) is 43.1. The molecule has 378 valence electrons. The lowest BCUT2D eigenvalue weighted by molar-refractivity contribution is -0.167. The fraction of sp³-hybridized carbons (Fsp3) is 0.623. The zero-order valence-corrected chi connectivity index (χ0v) is 43.1. The summed E-state index contributed by atoms with van der Waals surface area (Å²) in [5.41, 5.74) is 0. The Labute approximate surface area is 412 Å². The van der Waals surface area contributed by atoms with Crippen LogP contribution in [0.2, 0.25) is 0 Å². The van der Waals surface area contributed by atoms with E-state index in [1.807, 2.05) is 0 Å². The highest BCUT2D eigenvalue weighted by atomic mass is 16.6. The molecule has 0 aromatic carbocycles. The summed E-state index contributed by atoms with van der Waals surface area (Å²) in [6, 6.07) is 0. The first-order chi connectivity index (χ1) is 33.0. The molecule has 0 spiro atoms. The van der Waals surface area contributed by atoms with Crippen LogP contribution in [0.5, 0.6) is 0 Å². The predicted molar refractivity (Wildman–Crippen MR) is 288 cm³/mol. The van der Waals surface area contributed by atoms with Gasteiger partial charge in [0.2, 0.25) is 0 Å². The van der Waals surface area contributed by atoms with Crippen molar-refractivity contribution in [3.63, 3.8) is 0 Å². The zero-order chi connectivity index (χ0) is 48.6. The Balaban J connectivity index is 4.13. The van der Waals surface area contributed by atoms with Crippen molar-refractivity contribution < 1.29 is 28.6 Å². The van der Waals surface area contributed by atoms with Gasteiger partial charge in [0.1, 0.15) is 13.2 Å². The van der Waals surface area contributed by atoms with Crippen LogP contribution in [-0.4, -0.2) is 37.2 Å². The largest absolute Gasteiger partial charge is 0.462 e. The molecule has 0 fully saturated rings. The average Bonchev–Trinajstić information content (AvgIpc) is 3.33. The van der Waals surface area contributed by atoms with Crippen LogP contribution in [0.1, 0.15) is 226 Å². The molecule has 0 aliphatic rings. The summed E-state index contributed by atoms with van der Waals surface area (Å²) < 4.78 is 16.6. The molecule has 0 saturated carbocycles. The van der Waals surface area contributed by atoms with Crippen LogP contribution in [-0.2, 0) is 28.6 Å². The van der Waals surface area contributed by atoms with Crippen molar-refractivity contribution in [2.24, 2.45) is 0 Å². The Bertz CT molecular complexity index is 1440. The molecule has 0 heterocycles. The van der Waals surface area contributed by atoms with Crippen molar-refractivity contribution in [2.45, 2.75) is 232 Å². The number of hydrogen-bond donors (Lipinski definition) is 0. The molecule has 0 aliphatic heterocycles. The van der Waals surface area contributed by atoms with Crippen LogP contribution in [0, 0.1) is 0 Å². The summed E-state index contributed by atoms with van der Waals surface area (Å²) in [5, 5.41) is 0. The van der Waals surface area contributed by atoms with Crippen LogP contribution in [0.3, 0.4) is 0 Å². The maximum absolute atomic E-state index is 12.7. The van der Waals surface area contributed by atoms with Crippen LogP contribution in [0.15, 0.2) is 122 Å². The molecule has 1 atom stereocenters. The molecule has 0 radical (unpaired) electrons. The van der Waals surface area contributed by atoms with E-state index in [0.717, 1.165) is 167 Å². The van der Waals surface area contributed by atoms with Gasteiger partial charge in [0, 0.05) is 19.3 Å². The highest BCUT2D eigenvalue weighted by molar-refractivity contribution is 5.71. The highest BCUT2D eigenvalue weighted by Gasteiger charge is 2.19. The van der Waals surface area contributed by atoms with E-state index in [1.54, 1.807) is 0 Å². The van der Waals surface area contributed by atoms with Gasteiger partial charge in [-0.2, -0.15) is 0 Å². The lowest BCUT2D eigenvalue weighted by atomic mass is 10.1. The Morgan fingerprint density at radius 3 is 0.970 bits per heavy atom. The van der Waals surface area contributed by atoms with Crippen LogP contribution >= 0.6 is 0 Å². The molecule has 6 heteroatoms. The van der Waals surface area contributed by atoms with Crippen LogP contribution in [0.25, 0.3) is 0 Å². The minimum Gasteiger partial charge on any atom is -0.462 e. The average molecular weight is 927 g/mol. The quantitative estimate of drug-likeness (QED) is 0.0262. The van der Waals surface area contributed by atoms with Gasteiger partial charge in [-0.25, -0.2) is 0 Å². The molecule has 1 unspecified atom stereocenters. The third kappa shape index (κ3) is 52.6.